The molecular weight excluding hydrogens is 298 g/mol. The van der Waals surface area contributed by atoms with Crippen LogP contribution in [0.15, 0.2) is 60.7 Å². The van der Waals surface area contributed by atoms with E-state index in [2.05, 4.69) is 21.0 Å². The fourth-order valence-electron chi connectivity index (χ4n) is 2.72. The Labute approximate surface area is 138 Å². The summed E-state index contributed by atoms with van der Waals surface area (Å²) < 4.78 is 0. The van der Waals surface area contributed by atoms with Gasteiger partial charge in [0, 0.05) is 5.56 Å². The first-order chi connectivity index (χ1) is 11.8. The molecule has 2 aromatic carbocycles. The van der Waals surface area contributed by atoms with Crippen molar-refractivity contribution in [3.63, 3.8) is 0 Å². The van der Waals surface area contributed by atoms with Gasteiger partial charge < -0.3 is 10.7 Å². The van der Waals surface area contributed by atoms with Crippen LogP contribution in [0.1, 0.15) is 5.56 Å². The third-order valence-corrected chi connectivity index (χ3v) is 3.88. The molecule has 5 heteroatoms. The van der Waals surface area contributed by atoms with E-state index in [0.29, 0.717) is 17.1 Å². The molecule has 0 aliphatic rings. The molecule has 0 fully saturated rings. The number of imidazole rings is 1. The van der Waals surface area contributed by atoms with E-state index in [9.17, 15) is 5.26 Å². The standard InChI is InChI=1S/C19H13N5/c20-11-14-13(12-6-2-1-3-7-12)10-17(22-18(14)21)19-23-15-8-4-5-9-16(15)24-19/h1-10H,(H2,21,22)(H,23,24). The highest BCUT2D eigenvalue weighted by molar-refractivity contribution is 5.82. The Kier molecular flexibility index (Phi) is 3.22. The zero-order valence-corrected chi connectivity index (χ0v) is 12.7. The second kappa shape index (κ2) is 5.52. The van der Waals surface area contributed by atoms with E-state index in [-0.39, 0.29) is 5.82 Å². The van der Waals surface area contributed by atoms with Crippen molar-refractivity contribution in [2.45, 2.75) is 0 Å². The average molecular weight is 311 g/mol. The van der Waals surface area contributed by atoms with Crippen molar-refractivity contribution >= 4 is 16.9 Å². The summed E-state index contributed by atoms with van der Waals surface area (Å²) in [5, 5.41) is 9.44. The molecule has 0 saturated carbocycles. The summed E-state index contributed by atoms with van der Waals surface area (Å²) in [4.78, 5) is 12.2. The van der Waals surface area contributed by atoms with E-state index in [1.807, 2.05) is 60.7 Å². The third-order valence-electron chi connectivity index (χ3n) is 3.88. The van der Waals surface area contributed by atoms with Crippen LogP contribution in [0.3, 0.4) is 0 Å². The molecule has 2 heterocycles. The molecule has 4 aromatic rings. The largest absolute Gasteiger partial charge is 0.383 e. The van der Waals surface area contributed by atoms with Crippen molar-refractivity contribution in [3.8, 4) is 28.7 Å². The van der Waals surface area contributed by atoms with Gasteiger partial charge >= 0.3 is 0 Å². The Hall–Kier alpha value is -3.65. The summed E-state index contributed by atoms with van der Waals surface area (Å²) in [6.45, 7) is 0. The topological polar surface area (TPSA) is 91.4 Å². The minimum atomic E-state index is 0.203. The summed E-state index contributed by atoms with van der Waals surface area (Å²) in [5.41, 5.74) is 10.5. The van der Waals surface area contributed by atoms with Gasteiger partial charge in [-0.15, -0.1) is 0 Å². The van der Waals surface area contributed by atoms with Gasteiger partial charge in [0.2, 0.25) is 0 Å². The van der Waals surface area contributed by atoms with Crippen LogP contribution in [0.5, 0.6) is 0 Å². The molecule has 0 amide bonds. The molecule has 2 aromatic heterocycles. The maximum atomic E-state index is 9.44. The molecule has 114 valence electrons. The number of fused-ring (bicyclic) bond motifs is 1. The summed E-state index contributed by atoms with van der Waals surface area (Å²) in [6, 6.07) is 21.4. The zero-order valence-electron chi connectivity index (χ0n) is 12.7. The monoisotopic (exact) mass is 311 g/mol. The number of nitrogens with zero attached hydrogens (tertiary/aromatic N) is 3. The molecule has 0 atom stereocenters. The number of rotatable bonds is 2. The van der Waals surface area contributed by atoms with E-state index in [0.717, 1.165) is 22.2 Å². The lowest BCUT2D eigenvalue weighted by molar-refractivity contribution is 1.23. The fraction of sp³-hybridized carbons (Fsp3) is 0. The van der Waals surface area contributed by atoms with Crippen LogP contribution >= 0.6 is 0 Å². The normalized spacial score (nSPS) is 10.6. The molecule has 0 aliphatic heterocycles. The van der Waals surface area contributed by atoms with Gasteiger partial charge in [0.25, 0.3) is 0 Å². The van der Waals surface area contributed by atoms with Crippen LogP contribution in [-0.2, 0) is 0 Å². The Morgan fingerprint density at radius 3 is 2.46 bits per heavy atom. The number of aromatic amines is 1. The van der Waals surface area contributed by atoms with Crippen LogP contribution in [0.2, 0.25) is 0 Å². The molecular formula is C19H13N5. The number of pyridine rings is 1. The molecule has 0 bridgehead atoms. The van der Waals surface area contributed by atoms with Crippen molar-refractivity contribution in [2.75, 3.05) is 5.73 Å². The van der Waals surface area contributed by atoms with Gasteiger partial charge in [0.05, 0.1) is 11.0 Å². The number of nitrogens with two attached hydrogens (primary N) is 1. The molecule has 5 nitrogen and oxygen atoms in total. The van der Waals surface area contributed by atoms with Gasteiger partial charge in [-0.25, -0.2) is 9.97 Å². The second-order valence-corrected chi connectivity index (χ2v) is 5.40. The number of nitrogens with one attached hydrogen (secondary N) is 1. The Morgan fingerprint density at radius 2 is 1.71 bits per heavy atom. The molecule has 0 unspecified atom stereocenters. The number of hydrogen-bond acceptors (Lipinski definition) is 4. The number of aromatic nitrogens is 3. The average Bonchev–Trinajstić information content (AvgIpc) is 3.06. The minimum Gasteiger partial charge on any atom is -0.383 e. The van der Waals surface area contributed by atoms with Gasteiger partial charge in [-0.1, -0.05) is 42.5 Å². The van der Waals surface area contributed by atoms with Gasteiger partial charge in [-0.05, 0) is 23.8 Å². The number of benzene rings is 2. The molecule has 3 N–H and O–H groups in total. The van der Waals surface area contributed by atoms with Crippen molar-refractivity contribution in [1.82, 2.24) is 15.0 Å². The maximum absolute atomic E-state index is 9.44. The smallest absolute Gasteiger partial charge is 0.157 e. The maximum Gasteiger partial charge on any atom is 0.157 e. The highest BCUT2D eigenvalue weighted by Gasteiger charge is 2.15. The van der Waals surface area contributed by atoms with Gasteiger partial charge in [0.15, 0.2) is 5.82 Å². The van der Waals surface area contributed by atoms with Gasteiger partial charge in [-0.2, -0.15) is 5.26 Å². The number of nitrogen functional groups attached to an aromatic ring is 1. The Morgan fingerprint density at radius 1 is 0.958 bits per heavy atom. The molecule has 0 spiro atoms. The molecule has 0 saturated heterocycles. The molecule has 0 aliphatic carbocycles. The van der Waals surface area contributed by atoms with Crippen LogP contribution in [0.4, 0.5) is 5.82 Å². The summed E-state index contributed by atoms with van der Waals surface area (Å²) in [7, 11) is 0. The molecule has 0 radical (unpaired) electrons. The van der Waals surface area contributed by atoms with Gasteiger partial charge in [-0.3, -0.25) is 0 Å². The van der Waals surface area contributed by atoms with Crippen molar-refractivity contribution in [1.29, 1.82) is 5.26 Å². The SMILES string of the molecule is N#Cc1c(-c2ccccc2)cc(-c2nc3ccccc3[nH]2)nc1N. The predicted molar refractivity (Wildman–Crippen MR) is 93.9 cm³/mol. The zero-order chi connectivity index (χ0) is 16.5. The van der Waals surface area contributed by atoms with E-state index in [4.69, 9.17) is 5.73 Å². The summed E-state index contributed by atoms with van der Waals surface area (Å²) in [5.74, 6) is 0.832. The highest BCUT2D eigenvalue weighted by Crippen LogP contribution is 2.30. The number of hydrogen-bond donors (Lipinski definition) is 2. The van der Waals surface area contributed by atoms with E-state index in [1.54, 1.807) is 0 Å². The van der Waals surface area contributed by atoms with Crippen molar-refractivity contribution < 1.29 is 0 Å². The Balaban J connectivity index is 1.94. The fourth-order valence-corrected chi connectivity index (χ4v) is 2.72. The Bertz CT molecular complexity index is 1040. The van der Waals surface area contributed by atoms with E-state index in [1.165, 1.54) is 0 Å². The number of para-hydroxylation sites is 2. The summed E-state index contributed by atoms with van der Waals surface area (Å²) >= 11 is 0. The molecule has 4 rings (SSSR count). The minimum absolute atomic E-state index is 0.203. The number of anilines is 1. The number of nitriles is 1. The predicted octanol–water partition coefficient (Wildman–Crippen LogP) is 3.75. The second-order valence-electron chi connectivity index (χ2n) is 5.40. The van der Waals surface area contributed by atoms with Crippen LogP contribution in [-0.4, -0.2) is 15.0 Å². The lowest BCUT2D eigenvalue weighted by Gasteiger charge is -2.08. The van der Waals surface area contributed by atoms with Crippen molar-refractivity contribution in [3.05, 3.63) is 66.2 Å². The van der Waals surface area contributed by atoms with Crippen molar-refractivity contribution in [2.24, 2.45) is 0 Å². The third kappa shape index (κ3) is 2.27. The van der Waals surface area contributed by atoms with Crippen LogP contribution in [0.25, 0.3) is 33.7 Å². The molecule has 24 heavy (non-hydrogen) atoms. The van der Waals surface area contributed by atoms with Gasteiger partial charge in [0.1, 0.15) is 23.1 Å². The lowest BCUT2D eigenvalue weighted by Crippen LogP contribution is -2.00. The van der Waals surface area contributed by atoms with E-state index < -0.39 is 0 Å². The summed E-state index contributed by atoms with van der Waals surface area (Å²) in [6.07, 6.45) is 0. The first-order valence-corrected chi connectivity index (χ1v) is 7.47. The van der Waals surface area contributed by atoms with E-state index >= 15 is 0 Å². The number of H-pyrrole nitrogens is 1. The van der Waals surface area contributed by atoms with Crippen LogP contribution in [0, 0.1) is 11.3 Å². The first-order valence-electron chi connectivity index (χ1n) is 7.47. The first kappa shape index (κ1) is 14.0. The lowest BCUT2D eigenvalue weighted by atomic mass is 10.0. The quantitative estimate of drug-likeness (QED) is 0.590. The van der Waals surface area contributed by atoms with Crippen LogP contribution < -0.4 is 5.73 Å². The highest BCUT2D eigenvalue weighted by atomic mass is 15.0.